The molecule has 4 nitrogen and oxygen atoms in total. The van der Waals surface area contributed by atoms with Crippen LogP contribution in [0.4, 0.5) is 8.78 Å². The van der Waals surface area contributed by atoms with Gasteiger partial charge in [-0.25, -0.2) is 0 Å². The minimum absolute atomic E-state index is 0.0775. The quantitative estimate of drug-likeness (QED) is 0.547. The van der Waals surface area contributed by atoms with Gasteiger partial charge in [-0.05, 0) is 61.3 Å². The van der Waals surface area contributed by atoms with Gasteiger partial charge in [0.15, 0.2) is 0 Å². The summed E-state index contributed by atoms with van der Waals surface area (Å²) < 4.78 is 36.8. The summed E-state index contributed by atoms with van der Waals surface area (Å²) in [5.41, 5.74) is 1.15. The van der Waals surface area contributed by atoms with Crippen molar-refractivity contribution in [3.8, 4) is 11.5 Å². The molecule has 1 fully saturated rings. The highest BCUT2D eigenvalue weighted by atomic mass is 19.3. The maximum absolute atomic E-state index is 13.2. The maximum Gasteiger partial charge on any atom is 0.387 e. The van der Waals surface area contributed by atoms with Gasteiger partial charge in [0, 0.05) is 19.5 Å². The highest BCUT2D eigenvalue weighted by molar-refractivity contribution is 5.97. The van der Waals surface area contributed by atoms with Crippen molar-refractivity contribution in [3.63, 3.8) is 0 Å². The van der Waals surface area contributed by atoms with Gasteiger partial charge in [0.1, 0.15) is 17.1 Å². The topological polar surface area (TPSA) is 38.8 Å². The third kappa shape index (κ3) is 4.89. The van der Waals surface area contributed by atoms with E-state index in [4.69, 9.17) is 4.74 Å². The van der Waals surface area contributed by atoms with Crippen molar-refractivity contribution in [2.45, 2.75) is 64.1 Å². The number of alkyl halides is 2. The largest absolute Gasteiger partial charge is 0.487 e. The molecule has 2 aliphatic heterocycles. The third-order valence-corrected chi connectivity index (χ3v) is 6.58. The second-order valence-electron chi connectivity index (χ2n) is 9.37. The molecule has 4 rings (SSSR count). The van der Waals surface area contributed by atoms with Gasteiger partial charge in [-0.15, -0.1) is 0 Å². The number of ether oxygens (including phenoxy) is 2. The molecular formula is C26H31F2NO3. The van der Waals surface area contributed by atoms with Gasteiger partial charge in [-0.2, -0.15) is 8.78 Å². The second kappa shape index (κ2) is 9.47. The van der Waals surface area contributed by atoms with Crippen molar-refractivity contribution in [1.82, 2.24) is 4.90 Å². The van der Waals surface area contributed by atoms with Crippen LogP contribution in [-0.4, -0.2) is 36.1 Å². The van der Waals surface area contributed by atoms with E-state index in [9.17, 15) is 13.6 Å². The van der Waals surface area contributed by atoms with Crippen molar-refractivity contribution in [2.75, 3.05) is 13.1 Å². The number of hydrogen-bond acceptors (Lipinski definition) is 3. The lowest BCUT2D eigenvalue weighted by molar-refractivity contribution is -0.0502. The number of nitrogens with zero attached hydrogens (tertiary/aromatic N) is 1. The van der Waals surface area contributed by atoms with E-state index in [0.717, 1.165) is 37.9 Å². The Kier molecular flexibility index (Phi) is 6.68. The van der Waals surface area contributed by atoms with Crippen molar-refractivity contribution in [2.24, 2.45) is 5.92 Å². The fraction of sp³-hybridized carbons (Fsp3) is 0.500. The lowest BCUT2D eigenvalue weighted by atomic mass is 9.76. The number of carbonyl (C=O) groups excluding carboxylic acids is 1. The first kappa shape index (κ1) is 22.6. The first-order valence-corrected chi connectivity index (χ1v) is 11.5. The number of likely N-dealkylation sites (tertiary alicyclic amines) is 1. The number of para-hydroxylation sites is 2. The Morgan fingerprint density at radius 2 is 1.88 bits per heavy atom. The molecule has 2 aromatic carbocycles. The lowest BCUT2D eigenvalue weighted by Gasteiger charge is -2.42. The fourth-order valence-electron chi connectivity index (χ4n) is 5.21. The van der Waals surface area contributed by atoms with Gasteiger partial charge in [-0.3, -0.25) is 4.79 Å². The zero-order valence-electron chi connectivity index (χ0n) is 18.7. The number of rotatable bonds is 5. The van der Waals surface area contributed by atoms with E-state index in [2.05, 4.69) is 36.8 Å². The number of benzene rings is 2. The second-order valence-corrected chi connectivity index (χ2v) is 9.37. The number of fused-ring (bicyclic) bond motifs is 1. The van der Waals surface area contributed by atoms with Gasteiger partial charge in [0.25, 0.3) is 5.91 Å². The van der Waals surface area contributed by atoms with Crippen molar-refractivity contribution in [1.29, 1.82) is 0 Å². The van der Waals surface area contributed by atoms with E-state index < -0.39 is 6.61 Å². The molecular weight excluding hydrogens is 412 g/mol. The summed E-state index contributed by atoms with van der Waals surface area (Å²) in [6.07, 6.45) is 4.44. The summed E-state index contributed by atoms with van der Waals surface area (Å²) in [6.45, 7) is 2.63. The summed E-state index contributed by atoms with van der Waals surface area (Å²) in [5, 5.41) is 0. The smallest absolute Gasteiger partial charge is 0.387 e. The Morgan fingerprint density at radius 3 is 2.66 bits per heavy atom. The molecule has 2 atom stereocenters. The van der Waals surface area contributed by atoms with Crippen LogP contribution in [0.5, 0.6) is 11.5 Å². The summed E-state index contributed by atoms with van der Waals surface area (Å²) in [5.74, 6) is 1.63. The average molecular weight is 444 g/mol. The zero-order valence-corrected chi connectivity index (χ0v) is 18.7. The molecule has 1 spiro atoms. The van der Waals surface area contributed by atoms with Crippen LogP contribution in [0.3, 0.4) is 0 Å². The monoisotopic (exact) mass is 443 g/mol. The van der Waals surface area contributed by atoms with Crippen LogP contribution in [0.2, 0.25) is 0 Å². The third-order valence-electron chi connectivity index (χ3n) is 6.58. The Morgan fingerprint density at radius 1 is 1.12 bits per heavy atom. The standard InChI is InChI=1S/C26H31F2NO3/c1-18(2)16-19-17-26(32-23-11-6-3-8-20(19)23)12-7-14-29(15-13-26)24(30)21-9-4-5-10-22(21)31-25(27)28/h3-6,8-11,18-19,25H,7,12-17H2,1-2H3. The minimum atomic E-state index is -2.97. The van der Waals surface area contributed by atoms with Crippen LogP contribution in [0.25, 0.3) is 0 Å². The molecule has 0 aliphatic carbocycles. The fourth-order valence-corrected chi connectivity index (χ4v) is 5.21. The van der Waals surface area contributed by atoms with Crippen LogP contribution < -0.4 is 9.47 Å². The molecule has 2 heterocycles. The van der Waals surface area contributed by atoms with Crippen molar-refractivity contribution in [3.05, 3.63) is 59.7 Å². The zero-order chi connectivity index (χ0) is 22.7. The highest BCUT2D eigenvalue weighted by Crippen LogP contribution is 2.47. The highest BCUT2D eigenvalue weighted by Gasteiger charge is 2.42. The van der Waals surface area contributed by atoms with E-state index in [-0.39, 0.29) is 22.8 Å². The molecule has 172 valence electrons. The summed E-state index contributed by atoms with van der Waals surface area (Å²) in [6, 6.07) is 14.5. The minimum Gasteiger partial charge on any atom is -0.487 e. The van der Waals surface area contributed by atoms with Crippen LogP contribution in [-0.2, 0) is 0 Å². The van der Waals surface area contributed by atoms with Crippen LogP contribution in [0.15, 0.2) is 48.5 Å². The summed E-state index contributed by atoms with van der Waals surface area (Å²) >= 11 is 0. The van der Waals surface area contributed by atoms with E-state index in [0.29, 0.717) is 24.9 Å². The number of halogens is 2. The van der Waals surface area contributed by atoms with Crippen molar-refractivity contribution < 1.29 is 23.0 Å². The first-order chi connectivity index (χ1) is 15.4. The average Bonchev–Trinajstić information content (AvgIpc) is 2.95. The van der Waals surface area contributed by atoms with E-state index >= 15 is 0 Å². The molecule has 0 aromatic heterocycles. The molecule has 2 unspecified atom stereocenters. The van der Waals surface area contributed by atoms with E-state index in [1.807, 2.05) is 6.07 Å². The Bertz CT molecular complexity index is 948. The Hall–Kier alpha value is -2.63. The normalized spacial score (nSPS) is 23.1. The van der Waals surface area contributed by atoms with Crippen LogP contribution in [0, 0.1) is 5.92 Å². The van der Waals surface area contributed by atoms with Gasteiger partial charge in [-0.1, -0.05) is 44.2 Å². The van der Waals surface area contributed by atoms with Crippen LogP contribution >= 0.6 is 0 Å². The lowest BCUT2D eigenvalue weighted by Crippen LogP contribution is -2.42. The molecule has 2 aliphatic rings. The number of hydrogen-bond donors (Lipinski definition) is 0. The molecule has 6 heteroatoms. The first-order valence-electron chi connectivity index (χ1n) is 11.5. The molecule has 0 radical (unpaired) electrons. The molecule has 0 saturated carbocycles. The van der Waals surface area contributed by atoms with E-state index in [1.165, 1.54) is 11.6 Å². The summed E-state index contributed by atoms with van der Waals surface area (Å²) in [4.78, 5) is 14.9. The van der Waals surface area contributed by atoms with Gasteiger partial charge in [0.05, 0.1) is 5.56 Å². The number of amides is 1. The molecule has 0 bridgehead atoms. The summed E-state index contributed by atoms with van der Waals surface area (Å²) in [7, 11) is 0. The van der Waals surface area contributed by atoms with Gasteiger partial charge < -0.3 is 14.4 Å². The molecule has 32 heavy (non-hydrogen) atoms. The Balaban J connectivity index is 1.53. The molecule has 2 aromatic rings. The van der Waals surface area contributed by atoms with Crippen molar-refractivity contribution >= 4 is 5.91 Å². The molecule has 0 N–H and O–H groups in total. The predicted octanol–water partition coefficient (Wildman–Crippen LogP) is 6.27. The molecule has 1 saturated heterocycles. The predicted molar refractivity (Wildman–Crippen MR) is 119 cm³/mol. The van der Waals surface area contributed by atoms with E-state index in [1.54, 1.807) is 23.1 Å². The maximum atomic E-state index is 13.2. The van der Waals surface area contributed by atoms with Gasteiger partial charge >= 0.3 is 6.61 Å². The molecule has 1 amide bonds. The SMILES string of the molecule is CC(C)CC1CC2(CCCN(C(=O)c3ccccc3OC(F)F)CC2)Oc2ccccc21. The number of carbonyl (C=O) groups is 1. The van der Waals surface area contributed by atoms with Crippen LogP contribution in [0.1, 0.15) is 67.8 Å². The van der Waals surface area contributed by atoms with Gasteiger partial charge in [0.2, 0.25) is 0 Å². The Labute approximate surface area is 188 Å².